The van der Waals surface area contributed by atoms with Gasteiger partial charge in [0.1, 0.15) is 4.71 Å². The molecule has 0 radical (unpaired) electrons. The van der Waals surface area contributed by atoms with Crippen molar-refractivity contribution in [1.29, 1.82) is 0 Å². The van der Waals surface area contributed by atoms with Crippen molar-refractivity contribution in [3.63, 3.8) is 0 Å². The SMILES string of the molecule is CN1c2cc(Cl)ccc2SC1S. The van der Waals surface area contributed by atoms with E-state index in [-0.39, 0.29) is 4.71 Å². The van der Waals surface area contributed by atoms with Crippen molar-refractivity contribution in [3.8, 4) is 0 Å². The summed E-state index contributed by atoms with van der Waals surface area (Å²) in [5, 5.41) is 0.781. The first-order valence-corrected chi connectivity index (χ1v) is 5.33. The number of benzene rings is 1. The van der Waals surface area contributed by atoms with Crippen LogP contribution in [0.2, 0.25) is 5.02 Å². The molecule has 4 heteroatoms. The molecule has 0 N–H and O–H groups in total. The quantitative estimate of drug-likeness (QED) is 0.666. The summed E-state index contributed by atoms with van der Waals surface area (Å²) in [4.78, 5) is 3.36. The highest BCUT2D eigenvalue weighted by Crippen LogP contribution is 2.44. The summed E-state index contributed by atoms with van der Waals surface area (Å²) in [5.41, 5.74) is 1.17. The van der Waals surface area contributed by atoms with Crippen LogP contribution in [0.1, 0.15) is 0 Å². The van der Waals surface area contributed by atoms with Crippen LogP contribution in [0.5, 0.6) is 0 Å². The Kier molecular flexibility index (Phi) is 2.19. The maximum absolute atomic E-state index is 5.88. The predicted octanol–water partition coefficient (Wildman–Crippen LogP) is 3.10. The molecule has 0 aromatic heterocycles. The topological polar surface area (TPSA) is 3.24 Å². The third-order valence-corrected chi connectivity index (χ3v) is 3.89. The van der Waals surface area contributed by atoms with Crippen molar-refractivity contribution in [2.45, 2.75) is 9.60 Å². The minimum Gasteiger partial charge on any atom is -0.353 e. The van der Waals surface area contributed by atoms with Gasteiger partial charge in [0.15, 0.2) is 0 Å². The first-order chi connectivity index (χ1) is 5.68. The first kappa shape index (κ1) is 8.60. The largest absolute Gasteiger partial charge is 0.353 e. The Morgan fingerprint density at radius 1 is 1.58 bits per heavy atom. The lowest BCUT2D eigenvalue weighted by Crippen LogP contribution is -2.18. The molecular formula is C8H8ClNS2. The highest BCUT2D eigenvalue weighted by atomic mass is 35.5. The number of rotatable bonds is 0. The summed E-state index contributed by atoms with van der Waals surface area (Å²) in [6, 6.07) is 5.92. The monoisotopic (exact) mass is 217 g/mol. The second-order valence-corrected chi connectivity index (χ2v) is 5.06. The van der Waals surface area contributed by atoms with E-state index in [4.69, 9.17) is 11.6 Å². The van der Waals surface area contributed by atoms with E-state index in [1.165, 1.54) is 10.6 Å². The molecule has 0 amide bonds. The van der Waals surface area contributed by atoms with Gasteiger partial charge in [-0.15, -0.1) is 12.6 Å². The Bertz CT molecular complexity index is 316. The van der Waals surface area contributed by atoms with Crippen LogP contribution < -0.4 is 4.90 Å². The molecule has 0 saturated carbocycles. The Morgan fingerprint density at radius 2 is 2.33 bits per heavy atom. The summed E-state index contributed by atoms with van der Waals surface area (Å²) in [6.45, 7) is 0. The van der Waals surface area contributed by atoms with Gasteiger partial charge in [0.25, 0.3) is 0 Å². The van der Waals surface area contributed by atoms with Crippen LogP contribution in [-0.2, 0) is 0 Å². The molecule has 0 aliphatic carbocycles. The van der Waals surface area contributed by atoms with Gasteiger partial charge < -0.3 is 4.90 Å². The Labute approximate surface area is 86.5 Å². The van der Waals surface area contributed by atoms with Crippen LogP contribution in [0.25, 0.3) is 0 Å². The zero-order valence-corrected chi connectivity index (χ0v) is 8.96. The molecule has 0 fully saturated rings. The summed E-state index contributed by atoms with van der Waals surface area (Å²) >= 11 is 12.0. The average Bonchev–Trinajstić information content (AvgIpc) is 2.31. The number of thioether (sulfide) groups is 1. The fourth-order valence-corrected chi connectivity index (χ4v) is 2.78. The maximum Gasteiger partial charge on any atom is 0.123 e. The summed E-state index contributed by atoms with van der Waals surface area (Å²) in [5.74, 6) is 0. The van der Waals surface area contributed by atoms with E-state index in [2.05, 4.69) is 17.5 Å². The van der Waals surface area contributed by atoms with E-state index in [0.717, 1.165) is 5.02 Å². The van der Waals surface area contributed by atoms with Crippen molar-refractivity contribution in [2.24, 2.45) is 0 Å². The first-order valence-electron chi connectivity index (χ1n) is 3.55. The highest BCUT2D eigenvalue weighted by Gasteiger charge is 2.23. The molecule has 64 valence electrons. The Balaban J connectivity index is 2.48. The zero-order chi connectivity index (χ0) is 8.72. The van der Waals surface area contributed by atoms with E-state index in [1.807, 2.05) is 25.2 Å². The van der Waals surface area contributed by atoms with Gasteiger partial charge >= 0.3 is 0 Å². The molecule has 0 spiro atoms. The minimum absolute atomic E-state index is 0.221. The Hall–Kier alpha value is 0.01000. The zero-order valence-electron chi connectivity index (χ0n) is 6.49. The van der Waals surface area contributed by atoms with E-state index in [1.54, 1.807) is 11.8 Å². The molecule has 12 heavy (non-hydrogen) atoms. The lowest BCUT2D eigenvalue weighted by Gasteiger charge is -2.15. The fourth-order valence-electron chi connectivity index (χ4n) is 1.18. The van der Waals surface area contributed by atoms with Gasteiger partial charge in [-0.1, -0.05) is 23.4 Å². The van der Waals surface area contributed by atoms with E-state index >= 15 is 0 Å². The van der Waals surface area contributed by atoms with E-state index in [0.29, 0.717) is 0 Å². The molecule has 0 bridgehead atoms. The van der Waals surface area contributed by atoms with Gasteiger partial charge in [0.2, 0.25) is 0 Å². The number of hydrogen-bond donors (Lipinski definition) is 1. The number of thiol groups is 1. The minimum atomic E-state index is 0.221. The molecule has 1 unspecified atom stereocenters. The second kappa shape index (κ2) is 3.05. The van der Waals surface area contributed by atoms with Crippen molar-refractivity contribution in [2.75, 3.05) is 11.9 Å². The summed E-state index contributed by atoms with van der Waals surface area (Å²) in [6.07, 6.45) is 0. The van der Waals surface area contributed by atoms with Crippen LogP contribution in [0.3, 0.4) is 0 Å². The van der Waals surface area contributed by atoms with Gasteiger partial charge in [-0.05, 0) is 18.2 Å². The number of anilines is 1. The number of halogens is 1. The van der Waals surface area contributed by atoms with E-state index in [9.17, 15) is 0 Å². The smallest absolute Gasteiger partial charge is 0.123 e. The lowest BCUT2D eigenvalue weighted by atomic mass is 10.3. The van der Waals surface area contributed by atoms with Crippen molar-refractivity contribution >= 4 is 41.7 Å². The molecule has 1 aliphatic rings. The fraction of sp³-hybridized carbons (Fsp3) is 0.250. The standard InChI is InChI=1S/C8H8ClNS2/c1-10-6-4-5(9)2-3-7(6)12-8(10)11/h2-4,8,11H,1H3. The van der Waals surface area contributed by atoms with Crippen LogP contribution >= 0.6 is 36.0 Å². The van der Waals surface area contributed by atoms with Crippen LogP contribution in [-0.4, -0.2) is 11.8 Å². The number of nitrogens with zero attached hydrogens (tertiary/aromatic N) is 1. The normalized spacial score (nSPS) is 21.2. The summed E-state index contributed by atoms with van der Waals surface area (Å²) < 4.78 is 0.221. The Morgan fingerprint density at radius 3 is 3.08 bits per heavy atom. The number of fused-ring (bicyclic) bond motifs is 1. The highest BCUT2D eigenvalue weighted by molar-refractivity contribution is 8.10. The molecule has 1 aromatic carbocycles. The van der Waals surface area contributed by atoms with E-state index < -0.39 is 0 Å². The molecule has 1 nitrogen and oxygen atoms in total. The van der Waals surface area contributed by atoms with Gasteiger partial charge in [0.05, 0.1) is 5.69 Å². The molecular weight excluding hydrogens is 210 g/mol. The maximum atomic E-state index is 5.88. The number of hydrogen-bond acceptors (Lipinski definition) is 3. The van der Waals surface area contributed by atoms with Gasteiger partial charge in [-0.2, -0.15) is 0 Å². The lowest BCUT2D eigenvalue weighted by molar-refractivity contribution is 1.07. The molecule has 1 aromatic rings. The second-order valence-electron chi connectivity index (χ2n) is 2.67. The predicted molar refractivity (Wildman–Crippen MR) is 58.5 cm³/mol. The van der Waals surface area contributed by atoms with Crippen molar-refractivity contribution < 1.29 is 0 Å². The van der Waals surface area contributed by atoms with Crippen molar-refractivity contribution in [3.05, 3.63) is 23.2 Å². The van der Waals surface area contributed by atoms with Gasteiger partial charge in [-0.25, -0.2) is 0 Å². The average molecular weight is 218 g/mol. The van der Waals surface area contributed by atoms with Gasteiger partial charge in [0, 0.05) is 17.0 Å². The summed E-state index contributed by atoms with van der Waals surface area (Å²) in [7, 11) is 2.02. The van der Waals surface area contributed by atoms with Crippen molar-refractivity contribution in [1.82, 2.24) is 0 Å². The van der Waals surface area contributed by atoms with Crippen LogP contribution in [0.4, 0.5) is 5.69 Å². The van der Waals surface area contributed by atoms with Gasteiger partial charge in [-0.3, -0.25) is 0 Å². The third-order valence-electron chi connectivity index (χ3n) is 1.86. The molecule has 0 saturated heterocycles. The molecule has 1 heterocycles. The molecule has 2 rings (SSSR count). The van der Waals surface area contributed by atoms with Crippen LogP contribution in [0, 0.1) is 0 Å². The molecule has 1 atom stereocenters. The van der Waals surface area contributed by atoms with Crippen LogP contribution in [0.15, 0.2) is 23.1 Å². The third kappa shape index (κ3) is 1.30. The molecule has 1 aliphatic heterocycles.